The van der Waals surface area contributed by atoms with Gasteiger partial charge >= 0.3 is 12.0 Å². The Balaban J connectivity index is 2.20. The lowest BCUT2D eigenvalue weighted by Crippen LogP contribution is -2.43. The van der Waals surface area contributed by atoms with Crippen LogP contribution in [0.5, 0.6) is 0 Å². The zero-order valence-corrected chi connectivity index (χ0v) is 8.79. The molecule has 1 rings (SSSR count). The predicted octanol–water partition coefficient (Wildman–Crippen LogP) is 1.09. The Bertz CT molecular complexity index is 223. The quantitative estimate of drug-likeness (QED) is 0.615. The molecule has 0 aliphatic heterocycles. The van der Waals surface area contributed by atoms with Crippen LogP contribution in [0.2, 0.25) is 0 Å². The summed E-state index contributed by atoms with van der Waals surface area (Å²) >= 11 is 0. The van der Waals surface area contributed by atoms with E-state index in [9.17, 15) is 9.59 Å². The SMILES string of the molecule is O=C(O)CNC(=O)NC1CCCCCC1. The molecule has 1 aliphatic rings. The molecule has 0 spiro atoms. The number of aliphatic carboxylic acids is 1. The van der Waals surface area contributed by atoms with E-state index in [-0.39, 0.29) is 18.6 Å². The largest absolute Gasteiger partial charge is 0.480 e. The number of carbonyl (C=O) groups is 2. The van der Waals surface area contributed by atoms with Crippen LogP contribution in [0.25, 0.3) is 0 Å². The van der Waals surface area contributed by atoms with Crippen molar-refractivity contribution in [1.82, 2.24) is 10.6 Å². The standard InChI is InChI=1S/C10H18N2O3/c13-9(14)7-11-10(15)12-8-5-3-1-2-4-6-8/h8H,1-7H2,(H,13,14)(H2,11,12,15). The molecule has 5 nitrogen and oxygen atoms in total. The first-order valence-corrected chi connectivity index (χ1v) is 5.44. The third-order valence-corrected chi connectivity index (χ3v) is 2.59. The van der Waals surface area contributed by atoms with E-state index in [0.717, 1.165) is 25.7 Å². The van der Waals surface area contributed by atoms with Crippen molar-refractivity contribution in [2.75, 3.05) is 6.54 Å². The van der Waals surface area contributed by atoms with Gasteiger partial charge in [0.1, 0.15) is 6.54 Å². The molecule has 1 saturated carbocycles. The number of hydrogen-bond acceptors (Lipinski definition) is 2. The van der Waals surface area contributed by atoms with Crippen molar-refractivity contribution in [3.8, 4) is 0 Å². The maximum Gasteiger partial charge on any atom is 0.323 e. The molecule has 0 atom stereocenters. The Hall–Kier alpha value is -1.26. The van der Waals surface area contributed by atoms with Crippen LogP contribution >= 0.6 is 0 Å². The van der Waals surface area contributed by atoms with Crippen LogP contribution in [0.15, 0.2) is 0 Å². The van der Waals surface area contributed by atoms with Crippen LogP contribution in [0.3, 0.4) is 0 Å². The topological polar surface area (TPSA) is 78.4 Å². The van der Waals surface area contributed by atoms with Gasteiger partial charge in [-0.1, -0.05) is 25.7 Å². The summed E-state index contributed by atoms with van der Waals surface area (Å²) < 4.78 is 0. The fourth-order valence-electron chi connectivity index (χ4n) is 1.82. The highest BCUT2D eigenvalue weighted by atomic mass is 16.4. The van der Waals surface area contributed by atoms with Crippen LogP contribution in [0, 0.1) is 0 Å². The van der Waals surface area contributed by atoms with Gasteiger partial charge in [-0.15, -0.1) is 0 Å². The van der Waals surface area contributed by atoms with E-state index in [1.54, 1.807) is 0 Å². The van der Waals surface area contributed by atoms with Crippen molar-refractivity contribution >= 4 is 12.0 Å². The molecule has 0 aromatic heterocycles. The average Bonchev–Trinajstić information content (AvgIpc) is 2.43. The molecule has 15 heavy (non-hydrogen) atoms. The fraction of sp³-hybridized carbons (Fsp3) is 0.800. The first-order valence-electron chi connectivity index (χ1n) is 5.44. The molecule has 0 heterocycles. The zero-order valence-electron chi connectivity index (χ0n) is 8.79. The van der Waals surface area contributed by atoms with E-state index in [2.05, 4.69) is 10.6 Å². The van der Waals surface area contributed by atoms with Crippen LogP contribution in [0.1, 0.15) is 38.5 Å². The number of rotatable bonds is 3. The van der Waals surface area contributed by atoms with Crippen molar-refractivity contribution in [2.24, 2.45) is 0 Å². The Morgan fingerprint density at radius 3 is 2.27 bits per heavy atom. The summed E-state index contributed by atoms with van der Waals surface area (Å²) in [5.74, 6) is -1.02. The average molecular weight is 214 g/mol. The van der Waals surface area contributed by atoms with Gasteiger partial charge in [-0.2, -0.15) is 0 Å². The molecular weight excluding hydrogens is 196 g/mol. The summed E-state index contributed by atoms with van der Waals surface area (Å²) in [6.45, 7) is -0.321. The number of amides is 2. The summed E-state index contributed by atoms with van der Waals surface area (Å²) in [7, 11) is 0. The van der Waals surface area contributed by atoms with Gasteiger partial charge in [0, 0.05) is 6.04 Å². The lowest BCUT2D eigenvalue weighted by Gasteiger charge is -2.16. The monoisotopic (exact) mass is 214 g/mol. The van der Waals surface area contributed by atoms with Gasteiger partial charge in [0.15, 0.2) is 0 Å². The second-order valence-corrected chi connectivity index (χ2v) is 3.91. The number of carbonyl (C=O) groups excluding carboxylic acids is 1. The summed E-state index contributed by atoms with van der Waals surface area (Å²) in [5.41, 5.74) is 0. The third kappa shape index (κ3) is 5.24. The Kier molecular flexibility index (Phi) is 4.93. The maximum absolute atomic E-state index is 11.2. The number of hydrogen-bond donors (Lipinski definition) is 3. The van der Waals surface area contributed by atoms with Crippen LogP contribution in [-0.4, -0.2) is 29.7 Å². The minimum atomic E-state index is -1.02. The molecule has 0 radical (unpaired) electrons. The molecule has 3 N–H and O–H groups in total. The Morgan fingerprint density at radius 1 is 1.13 bits per heavy atom. The van der Waals surface area contributed by atoms with E-state index in [1.165, 1.54) is 12.8 Å². The molecule has 5 heteroatoms. The van der Waals surface area contributed by atoms with Gasteiger partial charge in [0.2, 0.25) is 0 Å². The molecule has 0 bridgehead atoms. The molecule has 1 aliphatic carbocycles. The fourth-order valence-corrected chi connectivity index (χ4v) is 1.82. The summed E-state index contributed by atoms with van der Waals surface area (Å²) in [6.07, 6.45) is 6.75. The Labute approximate surface area is 89.2 Å². The van der Waals surface area contributed by atoms with Crippen LogP contribution < -0.4 is 10.6 Å². The van der Waals surface area contributed by atoms with Crippen LogP contribution in [-0.2, 0) is 4.79 Å². The predicted molar refractivity (Wildman–Crippen MR) is 55.7 cm³/mol. The second-order valence-electron chi connectivity index (χ2n) is 3.91. The maximum atomic E-state index is 11.2. The minimum absolute atomic E-state index is 0.210. The van der Waals surface area contributed by atoms with Gasteiger partial charge in [-0.05, 0) is 12.8 Å². The lowest BCUT2D eigenvalue weighted by atomic mass is 10.1. The second kappa shape index (κ2) is 6.27. The highest BCUT2D eigenvalue weighted by Gasteiger charge is 2.14. The highest BCUT2D eigenvalue weighted by Crippen LogP contribution is 2.16. The van der Waals surface area contributed by atoms with Crippen molar-refractivity contribution < 1.29 is 14.7 Å². The van der Waals surface area contributed by atoms with Gasteiger partial charge in [0.25, 0.3) is 0 Å². The normalized spacial score (nSPS) is 17.9. The summed E-state index contributed by atoms with van der Waals surface area (Å²) in [6, 6.07) is -0.161. The van der Waals surface area contributed by atoms with Crippen molar-refractivity contribution in [3.63, 3.8) is 0 Å². The van der Waals surface area contributed by atoms with Gasteiger partial charge in [-0.25, -0.2) is 4.79 Å². The van der Waals surface area contributed by atoms with Gasteiger partial charge in [0.05, 0.1) is 0 Å². The van der Waals surface area contributed by atoms with E-state index in [0.29, 0.717) is 0 Å². The summed E-state index contributed by atoms with van der Waals surface area (Å²) in [5, 5.41) is 13.5. The molecule has 2 amide bonds. The Morgan fingerprint density at radius 2 is 1.73 bits per heavy atom. The van der Waals surface area contributed by atoms with Crippen molar-refractivity contribution in [1.29, 1.82) is 0 Å². The first kappa shape index (κ1) is 11.8. The molecule has 0 aromatic rings. The first-order chi connectivity index (χ1) is 7.18. The molecule has 0 aromatic carbocycles. The van der Waals surface area contributed by atoms with E-state index >= 15 is 0 Å². The molecule has 86 valence electrons. The highest BCUT2D eigenvalue weighted by molar-refractivity contribution is 5.79. The molecule has 0 unspecified atom stereocenters. The van der Waals surface area contributed by atoms with Crippen LogP contribution in [0.4, 0.5) is 4.79 Å². The number of nitrogens with one attached hydrogen (secondary N) is 2. The van der Waals surface area contributed by atoms with E-state index < -0.39 is 5.97 Å². The van der Waals surface area contributed by atoms with Gasteiger partial charge in [-0.3, -0.25) is 4.79 Å². The summed E-state index contributed by atoms with van der Waals surface area (Å²) in [4.78, 5) is 21.5. The van der Waals surface area contributed by atoms with E-state index in [4.69, 9.17) is 5.11 Å². The van der Waals surface area contributed by atoms with Crippen molar-refractivity contribution in [2.45, 2.75) is 44.6 Å². The number of urea groups is 1. The third-order valence-electron chi connectivity index (χ3n) is 2.59. The minimum Gasteiger partial charge on any atom is -0.480 e. The van der Waals surface area contributed by atoms with Crippen molar-refractivity contribution in [3.05, 3.63) is 0 Å². The number of carboxylic acid groups (broad SMARTS) is 1. The number of carboxylic acids is 1. The lowest BCUT2D eigenvalue weighted by molar-refractivity contribution is -0.135. The smallest absolute Gasteiger partial charge is 0.323 e. The van der Waals surface area contributed by atoms with Gasteiger partial charge < -0.3 is 15.7 Å². The molecule has 0 saturated heterocycles. The van der Waals surface area contributed by atoms with E-state index in [1.807, 2.05) is 0 Å². The molecular formula is C10H18N2O3. The zero-order chi connectivity index (χ0) is 11.1. The molecule has 1 fully saturated rings.